The van der Waals surface area contributed by atoms with E-state index in [4.69, 9.17) is 9.47 Å². The summed E-state index contributed by atoms with van der Waals surface area (Å²) in [6.07, 6.45) is 1.19. The average Bonchev–Trinajstić information content (AvgIpc) is 2.68. The standard InChI is InChI=1S/C18H14BrN3O6/c1-27-12-3-5-16(15(9-12)22(25)26)28-17(23)6-7-21-10-20-14-4-2-11(19)8-13(14)18(21)24/h2-5,8-10H,6-7H2,1H3. The molecule has 3 rings (SSSR count). The number of esters is 1. The summed E-state index contributed by atoms with van der Waals surface area (Å²) in [5.74, 6) is -0.635. The molecular weight excluding hydrogens is 434 g/mol. The normalized spacial score (nSPS) is 10.6. The van der Waals surface area contributed by atoms with E-state index in [0.717, 1.165) is 10.5 Å². The molecule has 0 fully saturated rings. The van der Waals surface area contributed by atoms with Crippen LogP contribution in [0.5, 0.6) is 11.5 Å². The zero-order valence-electron chi connectivity index (χ0n) is 14.6. The number of ether oxygens (including phenoxy) is 2. The summed E-state index contributed by atoms with van der Waals surface area (Å²) in [5.41, 5.74) is -0.141. The summed E-state index contributed by atoms with van der Waals surface area (Å²) < 4.78 is 12.1. The molecule has 0 N–H and O–H groups in total. The molecule has 1 aromatic heterocycles. The fourth-order valence-electron chi connectivity index (χ4n) is 2.53. The van der Waals surface area contributed by atoms with Gasteiger partial charge in [0.1, 0.15) is 5.75 Å². The molecule has 9 nitrogen and oxygen atoms in total. The van der Waals surface area contributed by atoms with E-state index in [2.05, 4.69) is 20.9 Å². The third kappa shape index (κ3) is 4.17. The third-order valence-corrected chi connectivity index (χ3v) is 4.42. The van der Waals surface area contributed by atoms with Crippen molar-refractivity contribution in [2.24, 2.45) is 0 Å². The van der Waals surface area contributed by atoms with E-state index in [0.29, 0.717) is 10.9 Å². The van der Waals surface area contributed by atoms with Gasteiger partial charge in [-0.25, -0.2) is 4.98 Å². The fourth-order valence-corrected chi connectivity index (χ4v) is 2.89. The molecule has 0 spiro atoms. The van der Waals surface area contributed by atoms with Gasteiger partial charge < -0.3 is 9.47 Å². The van der Waals surface area contributed by atoms with Gasteiger partial charge >= 0.3 is 11.7 Å². The van der Waals surface area contributed by atoms with Crippen molar-refractivity contribution < 1.29 is 19.2 Å². The van der Waals surface area contributed by atoms with E-state index in [1.165, 1.54) is 30.1 Å². The predicted octanol–water partition coefficient (Wildman–Crippen LogP) is 3.07. The number of nitrogens with zero attached hydrogens (tertiary/aromatic N) is 3. The second-order valence-electron chi connectivity index (χ2n) is 5.72. The van der Waals surface area contributed by atoms with Crippen LogP contribution in [0.2, 0.25) is 0 Å². The Morgan fingerprint density at radius 1 is 1.29 bits per heavy atom. The minimum Gasteiger partial charge on any atom is -0.496 e. The lowest BCUT2D eigenvalue weighted by Gasteiger charge is -2.08. The molecule has 0 amide bonds. The largest absolute Gasteiger partial charge is 0.496 e. The Hall–Kier alpha value is -3.27. The summed E-state index contributed by atoms with van der Waals surface area (Å²) in [7, 11) is 1.37. The SMILES string of the molecule is COc1ccc(OC(=O)CCn2cnc3ccc(Br)cc3c2=O)c([N+](=O)[O-])c1. The Balaban J connectivity index is 1.75. The number of carbonyl (C=O) groups is 1. The van der Waals surface area contributed by atoms with Gasteiger partial charge in [-0.05, 0) is 30.3 Å². The lowest BCUT2D eigenvalue weighted by Crippen LogP contribution is -2.23. The highest BCUT2D eigenvalue weighted by atomic mass is 79.9. The number of hydrogen-bond acceptors (Lipinski definition) is 7. The van der Waals surface area contributed by atoms with E-state index in [-0.39, 0.29) is 35.7 Å². The lowest BCUT2D eigenvalue weighted by molar-refractivity contribution is -0.385. The average molecular weight is 448 g/mol. The molecular formula is C18H14BrN3O6. The van der Waals surface area contributed by atoms with Gasteiger partial charge in [0, 0.05) is 11.0 Å². The fraction of sp³-hybridized carbons (Fsp3) is 0.167. The van der Waals surface area contributed by atoms with Crippen molar-refractivity contribution in [3.8, 4) is 11.5 Å². The molecule has 0 atom stereocenters. The van der Waals surface area contributed by atoms with Crippen LogP contribution in [0.1, 0.15) is 6.42 Å². The second kappa shape index (κ2) is 8.17. The number of benzene rings is 2. The number of nitro benzene ring substituents is 1. The van der Waals surface area contributed by atoms with Crippen LogP contribution < -0.4 is 15.0 Å². The maximum atomic E-state index is 12.5. The van der Waals surface area contributed by atoms with Crippen molar-refractivity contribution in [2.75, 3.05) is 7.11 Å². The van der Waals surface area contributed by atoms with Crippen LogP contribution in [0.4, 0.5) is 5.69 Å². The van der Waals surface area contributed by atoms with E-state index in [1.54, 1.807) is 18.2 Å². The molecule has 0 aliphatic carbocycles. The molecule has 0 aliphatic rings. The molecule has 2 aromatic carbocycles. The van der Waals surface area contributed by atoms with Crippen LogP contribution in [-0.4, -0.2) is 27.6 Å². The Morgan fingerprint density at radius 2 is 2.07 bits per heavy atom. The van der Waals surface area contributed by atoms with Gasteiger partial charge in [0.05, 0.1) is 41.8 Å². The summed E-state index contributed by atoms with van der Waals surface area (Å²) >= 11 is 3.31. The first kappa shape index (κ1) is 19.5. The van der Waals surface area contributed by atoms with E-state index < -0.39 is 10.9 Å². The molecule has 28 heavy (non-hydrogen) atoms. The second-order valence-corrected chi connectivity index (χ2v) is 6.64. The van der Waals surface area contributed by atoms with Crippen LogP contribution in [0.15, 0.2) is 52.0 Å². The maximum Gasteiger partial charge on any atom is 0.315 e. The zero-order valence-corrected chi connectivity index (χ0v) is 16.2. The molecule has 0 aliphatic heterocycles. The van der Waals surface area contributed by atoms with Crippen molar-refractivity contribution in [3.05, 3.63) is 67.7 Å². The first-order valence-corrected chi connectivity index (χ1v) is 8.86. The van der Waals surface area contributed by atoms with Gasteiger partial charge in [-0.1, -0.05) is 15.9 Å². The summed E-state index contributed by atoms with van der Waals surface area (Å²) in [6.45, 7) is 0.0249. The number of methoxy groups -OCH3 is 1. The lowest BCUT2D eigenvalue weighted by atomic mass is 10.2. The van der Waals surface area contributed by atoms with Crippen LogP contribution in [0.25, 0.3) is 10.9 Å². The van der Waals surface area contributed by atoms with Crippen LogP contribution in [0, 0.1) is 10.1 Å². The summed E-state index contributed by atoms with van der Waals surface area (Å²) in [5, 5.41) is 11.6. The van der Waals surface area contributed by atoms with E-state index >= 15 is 0 Å². The minimum absolute atomic E-state index is 0.0249. The van der Waals surface area contributed by atoms with Gasteiger partial charge in [-0.15, -0.1) is 0 Å². The Bertz CT molecular complexity index is 1130. The van der Waals surface area contributed by atoms with Crippen molar-refractivity contribution in [2.45, 2.75) is 13.0 Å². The van der Waals surface area contributed by atoms with Gasteiger partial charge in [0.25, 0.3) is 5.56 Å². The monoisotopic (exact) mass is 447 g/mol. The molecule has 0 radical (unpaired) electrons. The number of aromatic nitrogens is 2. The van der Waals surface area contributed by atoms with Crippen LogP contribution >= 0.6 is 15.9 Å². The van der Waals surface area contributed by atoms with Crippen LogP contribution in [-0.2, 0) is 11.3 Å². The van der Waals surface area contributed by atoms with Gasteiger partial charge in [0.15, 0.2) is 0 Å². The minimum atomic E-state index is -0.713. The van der Waals surface area contributed by atoms with Gasteiger partial charge in [-0.2, -0.15) is 0 Å². The molecule has 0 bridgehead atoms. The molecule has 10 heteroatoms. The maximum absolute atomic E-state index is 12.5. The number of hydrogen-bond donors (Lipinski definition) is 0. The zero-order chi connectivity index (χ0) is 20.3. The number of fused-ring (bicyclic) bond motifs is 1. The molecule has 0 saturated heterocycles. The van der Waals surface area contributed by atoms with Crippen molar-refractivity contribution in [3.63, 3.8) is 0 Å². The van der Waals surface area contributed by atoms with Crippen molar-refractivity contribution in [1.29, 1.82) is 0 Å². The predicted molar refractivity (Wildman–Crippen MR) is 104 cm³/mol. The number of halogens is 1. The number of nitro groups is 1. The Morgan fingerprint density at radius 3 is 2.79 bits per heavy atom. The van der Waals surface area contributed by atoms with E-state index in [1.807, 2.05) is 0 Å². The molecule has 144 valence electrons. The first-order chi connectivity index (χ1) is 13.4. The number of carbonyl (C=O) groups excluding carboxylic acids is 1. The highest BCUT2D eigenvalue weighted by Gasteiger charge is 2.19. The first-order valence-electron chi connectivity index (χ1n) is 8.07. The van der Waals surface area contributed by atoms with Crippen molar-refractivity contribution >= 4 is 38.5 Å². The Kier molecular flexibility index (Phi) is 5.69. The highest BCUT2D eigenvalue weighted by Crippen LogP contribution is 2.31. The number of aryl methyl sites for hydroxylation is 1. The third-order valence-electron chi connectivity index (χ3n) is 3.93. The highest BCUT2D eigenvalue weighted by molar-refractivity contribution is 9.10. The number of rotatable bonds is 6. The topological polar surface area (TPSA) is 114 Å². The summed E-state index contributed by atoms with van der Waals surface area (Å²) in [6, 6.07) is 9.04. The molecule has 1 heterocycles. The summed E-state index contributed by atoms with van der Waals surface area (Å²) in [4.78, 5) is 39.3. The quantitative estimate of drug-likeness (QED) is 0.247. The van der Waals surface area contributed by atoms with Gasteiger partial charge in [-0.3, -0.25) is 24.3 Å². The Labute approximate surface area is 166 Å². The molecule has 3 aromatic rings. The smallest absolute Gasteiger partial charge is 0.315 e. The van der Waals surface area contributed by atoms with Crippen molar-refractivity contribution in [1.82, 2.24) is 9.55 Å². The van der Waals surface area contributed by atoms with E-state index in [9.17, 15) is 19.7 Å². The van der Waals surface area contributed by atoms with Gasteiger partial charge in [0.2, 0.25) is 5.75 Å². The van der Waals surface area contributed by atoms with Crippen LogP contribution in [0.3, 0.4) is 0 Å². The molecule has 0 unspecified atom stereocenters. The molecule has 0 saturated carbocycles.